The summed E-state index contributed by atoms with van der Waals surface area (Å²) >= 11 is 0. The third-order valence-electron chi connectivity index (χ3n) is 2.03. The van der Waals surface area contributed by atoms with Crippen LogP contribution >= 0.6 is 0 Å². The molecule has 0 spiro atoms. The lowest BCUT2D eigenvalue weighted by Crippen LogP contribution is -2.24. The molecule has 0 aliphatic rings. The zero-order valence-corrected chi connectivity index (χ0v) is 8.37. The number of rotatable bonds is 3. The van der Waals surface area contributed by atoms with E-state index in [4.69, 9.17) is 6.42 Å². The van der Waals surface area contributed by atoms with Crippen molar-refractivity contribution in [2.24, 2.45) is 7.05 Å². The average Bonchev–Trinajstić information content (AvgIpc) is 2.48. The highest BCUT2D eigenvalue weighted by Crippen LogP contribution is 2.04. The van der Waals surface area contributed by atoms with Crippen molar-refractivity contribution in [3.8, 4) is 12.3 Å². The number of hydrogen-bond acceptors (Lipinski definition) is 2. The van der Waals surface area contributed by atoms with Crippen LogP contribution in [0.1, 0.15) is 22.5 Å². The smallest absolute Gasteiger partial charge is 0.254 e. The third-order valence-corrected chi connectivity index (χ3v) is 2.03. The predicted molar refractivity (Wildman–Crippen MR) is 53.7 cm³/mol. The number of carbonyl (C=O) groups is 1. The van der Waals surface area contributed by atoms with E-state index in [9.17, 15) is 4.79 Å². The molecule has 4 heteroatoms. The molecule has 0 radical (unpaired) electrons. The molecule has 0 saturated carbocycles. The van der Waals surface area contributed by atoms with Crippen LogP contribution in [-0.2, 0) is 7.05 Å². The maximum Gasteiger partial charge on any atom is 0.254 e. The Kier molecular flexibility index (Phi) is 3.29. The van der Waals surface area contributed by atoms with E-state index >= 15 is 0 Å². The first-order valence-corrected chi connectivity index (χ1v) is 4.37. The number of terminal acetylenes is 1. The number of nitrogens with zero attached hydrogens (tertiary/aromatic N) is 2. The van der Waals surface area contributed by atoms with Crippen LogP contribution < -0.4 is 5.32 Å². The summed E-state index contributed by atoms with van der Waals surface area (Å²) in [5, 5.41) is 6.70. The zero-order valence-electron chi connectivity index (χ0n) is 8.37. The highest BCUT2D eigenvalue weighted by atomic mass is 16.1. The van der Waals surface area contributed by atoms with Gasteiger partial charge in [-0.05, 0) is 6.92 Å². The van der Waals surface area contributed by atoms with Crippen molar-refractivity contribution in [3.63, 3.8) is 0 Å². The van der Waals surface area contributed by atoms with Crippen LogP contribution in [0.15, 0.2) is 6.20 Å². The van der Waals surface area contributed by atoms with Gasteiger partial charge < -0.3 is 5.32 Å². The highest BCUT2D eigenvalue weighted by molar-refractivity contribution is 5.94. The molecule has 0 fully saturated rings. The van der Waals surface area contributed by atoms with Gasteiger partial charge in [0.05, 0.1) is 11.8 Å². The van der Waals surface area contributed by atoms with Crippen molar-refractivity contribution in [1.29, 1.82) is 0 Å². The number of amides is 1. The fraction of sp³-hybridized carbons (Fsp3) is 0.400. The van der Waals surface area contributed by atoms with E-state index in [0.717, 1.165) is 5.69 Å². The number of carbonyl (C=O) groups excluding carboxylic acids is 1. The molecule has 0 bridgehead atoms. The monoisotopic (exact) mass is 191 g/mol. The maximum absolute atomic E-state index is 11.5. The Morgan fingerprint density at radius 2 is 2.50 bits per heavy atom. The predicted octanol–water partition coefficient (Wildman–Crippen LogP) is 0.482. The largest absolute Gasteiger partial charge is 0.351 e. The van der Waals surface area contributed by atoms with Gasteiger partial charge in [-0.15, -0.1) is 12.3 Å². The minimum absolute atomic E-state index is 0.120. The Morgan fingerprint density at radius 1 is 1.79 bits per heavy atom. The van der Waals surface area contributed by atoms with Gasteiger partial charge in [-0.3, -0.25) is 9.48 Å². The van der Waals surface area contributed by atoms with Crippen molar-refractivity contribution in [3.05, 3.63) is 17.5 Å². The van der Waals surface area contributed by atoms with Gasteiger partial charge in [-0.2, -0.15) is 5.10 Å². The lowest BCUT2D eigenvalue weighted by Gasteiger charge is -2.01. The Morgan fingerprint density at radius 3 is 3.00 bits per heavy atom. The van der Waals surface area contributed by atoms with Gasteiger partial charge in [-0.25, -0.2) is 0 Å². The summed E-state index contributed by atoms with van der Waals surface area (Å²) in [6.45, 7) is 2.35. The molecule has 1 aromatic rings. The molecule has 0 atom stereocenters. The molecule has 1 heterocycles. The van der Waals surface area contributed by atoms with Gasteiger partial charge in [0.25, 0.3) is 5.91 Å². The molecular formula is C10H13N3O. The normalized spacial score (nSPS) is 9.50. The summed E-state index contributed by atoms with van der Waals surface area (Å²) in [6.07, 6.45) is 7.17. The van der Waals surface area contributed by atoms with Gasteiger partial charge >= 0.3 is 0 Å². The molecule has 4 nitrogen and oxygen atoms in total. The third kappa shape index (κ3) is 2.13. The van der Waals surface area contributed by atoms with E-state index in [0.29, 0.717) is 18.5 Å². The van der Waals surface area contributed by atoms with E-state index in [2.05, 4.69) is 16.3 Å². The summed E-state index contributed by atoms with van der Waals surface area (Å²) in [4.78, 5) is 11.5. The van der Waals surface area contributed by atoms with Gasteiger partial charge in [-0.1, -0.05) is 0 Å². The molecule has 0 aliphatic carbocycles. The van der Waals surface area contributed by atoms with E-state index in [1.54, 1.807) is 17.9 Å². The van der Waals surface area contributed by atoms with E-state index in [1.807, 2.05) is 6.92 Å². The Balaban J connectivity index is 2.62. The van der Waals surface area contributed by atoms with Crippen LogP contribution in [-0.4, -0.2) is 22.2 Å². The van der Waals surface area contributed by atoms with Crippen LogP contribution in [0.3, 0.4) is 0 Å². The van der Waals surface area contributed by atoms with Crippen LogP contribution in [0.4, 0.5) is 0 Å². The first kappa shape index (κ1) is 10.3. The van der Waals surface area contributed by atoms with Gasteiger partial charge in [0.1, 0.15) is 0 Å². The van der Waals surface area contributed by atoms with Crippen LogP contribution in [0.25, 0.3) is 0 Å². The van der Waals surface area contributed by atoms with Crippen molar-refractivity contribution >= 4 is 5.91 Å². The molecule has 14 heavy (non-hydrogen) atoms. The molecule has 0 saturated heterocycles. The number of aromatic nitrogens is 2. The topological polar surface area (TPSA) is 46.9 Å². The lowest BCUT2D eigenvalue weighted by atomic mass is 10.2. The van der Waals surface area contributed by atoms with Crippen LogP contribution in [0.2, 0.25) is 0 Å². The van der Waals surface area contributed by atoms with Crippen LogP contribution in [0.5, 0.6) is 0 Å². The molecule has 1 rings (SSSR count). The maximum atomic E-state index is 11.5. The first-order valence-electron chi connectivity index (χ1n) is 4.37. The van der Waals surface area contributed by atoms with E-state index in [-0.39, 0.29) is 5.91 Å². The summed E-state index contributed by atoms with van der Waals surface area (Å²) < 4.78 is 1.66. The Labute approximate surface area is 83.3 Å². The first-order chi connectivity index (χ1) is 6.66. The fourth-order valence-electron chi connectivity index (χ4n) is 1.07. The second kappa shape index (κ2) is 4.47. The lowest BCUT2D eigenvalue weighted by molar-refractivity contribution is 0.0954. The second-order valence-electron chi connectivity index (χ2n) is 2.98. The molecule has 1 aromatic heterocycles. The van der Waals surface area contributed by atoms with E-state index < -0.39 is 0 Å². The fourth-order valence-corrected chi connectivity index (χ4v) is 1.07. The van der Waals surface area contributed by atoms with Crippen LogP contribution in [0, 0.1) is 19.3 Å². The molecular weight excluding hydrogens is 178 g/mol. The van der Waals surface area contributed by atoms with Crippen molar-refractivity contribution in [2.75, 3.05) is 6.54 Å². The summed E-state index contributed by atoms with van der Waals surface area (Å²) in [6, 6.07) is 0. The number of aryl methyl sites for hydroxylation is 1. The molecule has 1 amide bonds. The summed E-state index contributed by atoms with van der Waals surface area (Å²) in [5.74, 6) is 2.34. The van der Waals surface area contributed by atoms with Crippen molar-refractivity contribution < 1.29 is 4.79 Å². The average molecular weight is 191 g/mol. The molecule has 1 N–H and O–H groups in total. The molecule has 0 unspecified atom stereocenters. The minimum Gasteiger partial charge on any atom is -0.351 e. The zero-order chi connectivity index (χ0) is 10.6. The van der Waals surface area contributed by atoms with Crippen molar-refractivity contribution in [1.82, 2.24) is 15.1 Å². The number of nitrogens with one attached hydrogen (secondary N) is 1. The quantitative estimate of drug-likeness (QED) is 0.558. The van der Waals surface area contributed by atoms with Crippen molar-refractivity contribution in [2.45, 2.75) is 13.3 Å². The standard InChI is InChI=1S/C10H13N3O/c1-4-5-6-11-10(14)9-7-12-13(3)8(9)2/h1,7H,5-6H2,2-3H3,(H,11,14). The molecule has 0 aliphatic heterocycles. The Hall–Kier alpha value is -1.76. The van der Waals surface area contributed by atoms with Gasteiger partial charge in [0.15, 0.2) is 0 Å². The number of hydrogen-bond donors (Lipinski definition) is 1. The molecule has 74 valence electrons. The highest BCUT2D eigenvalue weighted by Gasteiger charge is 2.11. The summed E-state index contributed by atoms with van der Waals surface area (Å²) in [7, 11) is 1.80. The minimum atomic E-state index is -0.120. The molecule has 0 aromatic carbocycles. The van der Waals surface area contributed by atoms with Gasteiger partial charge in [0, 0.05) is 25.7 Å². The van der Waals surface area contributed by atoms with Gasteiger partial charge in [0.2, 0.25) is 0 Å². The summed E-state index contributed by atoms with van der Waals surface area (Å²) in [5.41, 5.74) is 1.45. The van der Waals surface area contributed by atoms with E-state index in [1.165, 1.54) is 0 Å². The Bertz CT molecular complexity index is 373. The SMILES string of the molecule is C#CCCNC(=O)c1cnn(C)c1C. The second-order valence-corrected chi connectivity index (χ2v) is 2.98.